The fraction of sp³-hybridized carbons (Fsp3) is 0.0435. The van der Waals surface area contributed by atoms with Crippen LogP contribution in [0.4, 0.5) is 5.69 Å². The fourth-order valence-electron chi connectivity index (χ4n) is 2.73. The Hall–Kier alpha value is -3.51. The van der Waals surface area contributed by atoms with Gasteiger partial charge in [0, 0.05) is 10.7 Å². The smallest absolute Gasteiger partial charge is 0.339 e. The molecule has 0 spiro atoms. The summed E-state index contributed by atoms with van der Waals surface area (Å²) in [6.07, 6.45) is 1.28. The third-order valence-corrected chi connectivity index (χ3v) is 5.99. The molecule has 0 heterocycles. The van der Waals surface area contributed by atoms with Gasteiger partial charge in [-0.3, -0.25) is 4.79 Å². The summed E-state index contributed by atoms with van der Waals surface area (Å²) in [5, 5.41) is 12.4. The van der Waals surface area contributed by atoms with Crippen LogP contribution < -0.4 is 14.2 Å². The molecule has 0 atom stereocenters. The summed E-state index contributed by atoms with van der Waals surface area (Å²) in [6.45, 7) is 0. The van der Waals surface area contributed by atoms with Gasteiger partial charge in [0.25, 0.3) is 5.91 Å². The van der Waals surface area contributed by atoms with Crippen molar-refractivity contribution in [2.45, 2.75) is 4.90 Å². The second-order valence-corrected chi connectivity index (χ2v) is 8.91. The van der Waals surface area contributed by atoms with Crippen LogP contribution in [0.25, 0.3) is 6.08 Å². The number of methoxy groups -OCH3 is 1. The molecule has 7 nitrogen and oxygen atoms in total. The van der Waals surface area contributed by atoms with Crippen molar-refractivity contribution in [3.8, 4) is 17.6 Å². The molecule has 168 valence electrons. The van der Waals surface area contributed by atoms with E-state index < -0.39 is 16.0 Å². The number of nitriles is 1. The molecular formula is C23H16Cl2N2O5S. The molecule has 0 fully saturated rings. The topological polar surface area (TPSA) is 105 Å². The monoisotopic (exact) mass is 502 g/mol. The molecule has 3 rings (SSSR count). The van der Waals surface area contributed by atoms with E-state index in [0.717, 1.165) is 0 Å². The van der Waals surface area contributed by atoms with Crippen molar-refractivity contribution in [2.75, 3.05) is 12.4 Å². The molecule has 33 heavy (non-hydrogen) atoms. The van der Waals surface area contributed by atoms with Crippen LogP contribution in [0.3, 0.4) is 0 Å². The molecule has 0 saturated heterocycles. The number of carbonyl (C=O) groups excluding carboxylic acids is 1. The van der Waals surface area contributed by atoms with E-state index in [4.69, 9.17) is 32.1 Å². The van der Waals surface area contributed by atoms with Gasteiger partial charge in [-0.2, -0.15) is 13.7 Å². The van der Waals surface area contributed by atoms with Crippen molar-refractivity contribution in [2.24, 2.45) is 0 Å². The summed E-state index contributed by atoms with van der Waals surface area (Å²) in [7, 11) is -2.86. The van der Waals surface area contributed by atoms with E-state index in [1.807, 2.05) is 6.07 Å². The van der Waals surface area contributed by atoms with Gasteiger partial charge in [-0.25, -0.2) is 0 Å². The molecular weight excluding hydrogens is 487 g/mol. The summed E-state index contributed by atoms with van der Waals surface area (Å²) in [4.78, 5) is 12.4. The van der Waals surface area contributed by atoms with Crippen molar-refractivity contribution in [3.63, 3.8) is 0 Å². The number of benzene rings is 3. The maximum atomic E-state index is 12.6. The normalized spacial score (nSPS) is 11.4. The number of hydrogen-bond acceptors (Lipinski definition) is 6. The number of ether oxygens (including phenoxy) is 1. The Bertz CT molecular complexity index is 1370. The summed E-state index contributed by atoms with van der Waals surface area (Å²) in [5.74, 6) is -0.885. The van der Waals surface area contributed by atoms with Crippen LogP contribution in [0.5, 0.6) is 11.5 Å². The van der Waals surface area contributed by atoms with Crippen molar-refractivity contribution in [1.29, 1.82) is 5.26 Å². The molecule has 0 unspecified atom stereocenters. The van der Waals surface area contributed by atoms with Gasteiger partial charge in [-0.1, -0.05) is 47.5 Å². The SMILES string of the molecule is COc1cc(/C=C(\C#N)C(=O)Nc2cccc(Cl)c2)cc(Cl)c1OS(=O)(=O)c1ccccc1. The number of nitrogens with zero attached hydrogens (tertiary/aromatic N) is 1. The van der Waals surface area contributed by atoms with Gasteiger partial charge in [0.1, 0.15) is 16.5 Å². The van der Waals surface area contributed by atoms with Gasteiger partial charge in [0.15, 0.2) is 5.75 Å². The third kappa shape index (κ3) is 6.05. The largest absolute Gasteiger partial charge is 0.493 e. The van der Waals surface area contributed by atoms with E-state index in [1.165, 1.54) is 43.5 Å². The van der Waals surface area contributed by atoms with Crippen molar-refractivity contribution >= 4 is 51.0 Å². The fourth-order valence-corrected chi connectivity index (χ4v) is 4.20. The lowest BCUT2D eigenvalue weighted by molar-refractivity contribution is -0.112. The predicted octanol–water partition coefficient (Wildman–Crippen LogP) is 5.32. The van der Waals surface area contributed by atoms with Crippen LogP contribution in [0.2, 0.25) is 10.0 Å². The summed E-state index contributed by atoms with van der Waals surface area (Å²) >= 11 is 12.2. The Morgan fingerprint density at radius 1 is 1.06 bits per heavy atom. The molecule has 0 aliphatic carbocycles. The van der Waals surface area contributed by atoms with Crippen LogP contribution >= 0.6 is 23.2 Å². The van der Waals surface area contributed by atoms with E-state index in [2.05, 4.69) is 5.32 Å². The summed E-state index contributed by atoms with van der Waals surface area (Å²) in [6, 6.07) is 18.6. The standard InChI is InChI=1S/C23H16Cl2N2O5S/c1-31-21-12-15(10-16(14-26)23(28)27-18-7-5-6-17(24)13-18)11-20(25)22(21)32-33(29,30)19-8-3-2-4-9-19/h2-13H,1H3,(H,27,28)/b16-10+. The maximum Gasteiger partial charge on any atom is 0.339 e. The zero-order chi connectivity index (χ0) is 24.0. The van der Waals surface area contributed by atoms with E-state index in [9.17, 15) is 18.5 Å². The lowest BCUT2D eigenvalue weighted by Gasteiger charge is -2.13. The maximum absolute atomic E-state index is 12.6. The molecule has 0 bridgehead atoms. The zero-order valence-corrected chi connectivity index (χ0v) is 19.4. The van der Waals surface area contributed by atoms with E-state index in [-0.39, 0.29) is 27.0 Å². The average molecular weight is 503 g/mol. The second kappa shape index (κ2) is 10.4. The number of rotatable bonds is 7. The van der Waals surface area contributed by atoms with Gasteiger partial charge >= 0.3 is 10.1 Å². The molecule has 3 aromatic carbocycles. The highest BCUT2D eigenvalue weighted by molar-refractivity contribution is 7.87. The number of halogens is 2. The highest BCUT2D eigenvalue weighted by atomic mass is 35.5. The molecule has 3 aromatic rings. The number of carbonyl (C=O) groups is 1. The first kappa shape index (κ1) is 24.1. The van der Waals surface area contributed by atoms with Crippen LogP contribution in [-0.4, -0.2) is 21.4 Å². The highest BCUT2D eigenvalue weighted by Crippen LogP contribution is 2.38. The van der Waals surface area contributed by atoms with Crippen molar-refractivity contribution in [1.82, 2.24) is 0 Å². The summed E-state index contributed by atoms with van der Waals surface area (Å²) < 4.78 is 35.6. The Labute approximate surface area is 200 Å². The third-order valence-electron chi connectivity index (χ3n) is 4.24. The average Bonchev–Trinajstić information content (AvgIpc) is 2.79. The van der Waals surface area contributed by atoms with Crippen LogP contribution in [0, 0.1) is 11.3 Å². The van der Waals surface area contributed by atoms with Gasteiger partial charge in [-0.15, -0.1) is 0 Å². The minimum atomic E-state index is -4.17. The first-order chi connectivity index (χ1) is 15.7. The number of amides is 1. The van der Waals surface area contributed by atoms with Crippen LogP contribution in [-0.2, 0) is 14.9 Å². The van der Waals surface area contributed by atoms with E-state index >= 15 is 0 Å². The minimum Gasteiger partial charge on any atom is -0.493 e. The number of anilines is 1. The molecule has 1 amide bonds. The Kier molecular flexibility index (Phi) is 7.61. The van der Waals surface area contributed by atoms with Crippen molar-refractivity contribution in [3.05, 3.63) is 87.9 Å². The van der Waals surface area contributed by atoms with E-state index in [1.54, 1.807) is 36.4 Å². The molecule has 0 aromatic heterocycles. The Morgan fingerprint density at radius 3 is 2.42 bits per heavy atom. The van der Waals surface area contributed by atoms with Gasteiger partial charge < -0.3 is 14.2 Å². The van der Waals surface area contributed by atoms with Gasteiger partial charge in [-0.05, 0) is 54.1 Å². The lowest BCUT2D eigenvalue weighted by atomic mass is 10.1. The van der Waals surface area contributed by atoms with E-state index in [0.29, 0.717) is 16.3 Å². The first-order valence-electron chi connectivity index (χ1n) is 9.29. The zero-order valence-electron chi connectivity index (χ0n) is 17.1. The lowest BCUT2D eigenvalue weighted by Crippen LogP contribution is -2.13. The molecule has 0 aliphatic rings. The Morgan fingerprint density at radius 2 is 1.79 bits per heavy atom. The first-order valence-corrected chi connectivity index (χ1v) is 11.5. The number of nitrogens with one attached hydrogen (secondary N) is 1. The van der Waals surface area contributed by atoms with Crippen LogP contribution in [0.1, 0.15) is 5.56 Å². The van der Waals surface area contributed by atoms with Crippen LogP contribution in [0.15, 0.2) is 77.2 Å². The second-order valence-electron chi connectivity index (χ2n) is 6.52. The quantitative estimate of drug-likeness (QED) is 0.266. The highest BCUT2D eigenvalue weighted by Gasteiger charge is 2.22. The molecule has 0 aliphatic heterocycles. The minimum absolute atomic E-state index is 0.000736. The summed E-state index contributed by atoms with van der Waals surface area (Å²) in [5.41, 5.74) is 0.511. The molecule has 1 N–H and O–H groups in total. The predicted molar refractivity (Wildman–Crippen MR) is 126 cm³/mol. The molecule has 10 heteroatoms. The van der Waals surface area contributed by atoms with Gasteiger partial charge in [0.05, 0.1) is 12.1 Å². The molecule has 0 radical (unpaired) electrons. The van der Waals surface area contributed by atoms with Crippen molar-refractivity contribution < 1.29 is 22.1 Å². The molecule has 0 saturated carbocycles. The number of hydrogen-bond donors (Lipinski definition) is 1. The van der Waals surface area contributed by atoms with Gasteiger partial charge in [0.2, 0.25) is 5.75 Å². The Balaban J connectivity index is 1.91.